The molecule has 6 heterocycles. The van der Waals surface area contributed by atoms with E-state index in [1.807, 2.05) is 38.2 Å². The minimum Gasteiger partial charge on any atom is -0.462 e. The predicted octanol–water partition coefficient (Wildman–Crippen LogP) is 6.42. The summed E-state index contributed by atoms with van der Waals surface area (Å²) in [5.74, 6) is -2.34. The van der Waals surface area contributed by atoms with Gasteiger partial charge in [-0.25, -0.2) is 0 Å². The van der Waals surface area contributed by atoms with Gasteiger partial charge in [0.15, 0.2) is 18.4 Å². The van der Waals surface area contributed by atoms with E-state index < -0.39 is 90.8 Å². The Balaban J connectivity index is 1.19. The molecule has 14 nitrogen and oxygen atoms in total. The molecule has 1 aliphatic carbocycles. The van der Waals surface area contributed by atoms with Crippen molar-refractivity contribution in [2.24, 2.45) is 23.7 Å². The quantitative estimate of drug-likeness (QED) is 0.183. The number of aliphatic hydroxyl groups is 2. The zero-order valence-electron chi connectivity index (χ0n) is 39.9. The normalized spacial score (nSPS) is 47.2. The van der Waals surface area contributed by atoms with Crippen molar-refractivity contribution in [1.29, 1.82) is 0 Å². The lowest BCUT2D eigenvalue weighted by Crippen LogP contribution is -2.58. The first kappa shape index (κ1) is 49.6. The third-order valence-corrected chi connectivity index (χ3v) is 14.8. The second kappa shape index (κ2) is 20.9. The van der Waals surface area contributed by atoms with Gasteiger partial charge in [0.2, 0.25) is 0 Å². The summed E-state index contributed by atoms with van der Waals surface area (Å²) in [6, 6.07) is 0. The predicted molar refractivity (Wildman–Crippen MR) is 237 cm³/mol. The third kappa shape index (κ3) is 10.2. The van der Waals surface area contributed by atoms with E-state index in [-0.39, 0.29) is 36.8 Å². The summed E-state index contributed by atoms with van der Waals surface area (Å²) in [4.78, 5) is 14.5. The smallest absolute Gasteiger partial charge is 0.316 e. The van der Waals surface area contributed by atoms with Crippen molar-refractivity contribution in [3.8, 4) is 0 Å². The molecule has 14 heteroatoms. The molecular weight excluding hydrogens is 825 g/mol. The maximum absolute atomic E-state index is 14.5. The minimum atomic E-state index is -1.71. The average molecular weight is 901 g/mol. The number of hydrogen-bond donors (Lipinski definition) is 2. The van der Waals surface area contributed by atoms with Crippen LogP contribution in [-0.2, 0) is 56.9 Å². The Morgan fingerprint density at radius 1 is 0.859 bits per heavy atom. The molecule has 7 rings (SSSR count). The zero-order valence-corrected chi connectivity index (χ0v) is 39.9. The van der Waals surface area contributed by atoms with Gasteiger partial charge in [-0.2, -0.15) is 0 Å². The molecule has 2 unspecified atom stereocenters. The lowest BCUT2D eigenvalue weighted by Gasteiger charge is -2.48. The van der Waals surface area contributed by atoms with Crippen LogP contribution in [-0.4, -0.2) is 141 Å². The van der Waals surface area contributed by atoms with E-state index in [9.17, 15) is 15.0 Å². The molecule has 0 amide bonds. The maximum Gasteiger partial charge on any atom is 0.316 e. The molecular formula is C50H76O14. The molecule has 360 valence electrons. The maximum atomic E-state index is 14.5. The van der Waals surface area contributed by atoms with E-state index in [1.165, 1.54) is 0 Å². The van der Waals surface area contributed by atoms with Crippen molar-refractivity contribution < 1.29 is 67.1 Å². The zero-order chi connectivity index (χ0) is 46.1. The van der Waals surface area contributed by atoms with Crippen LogP contribution >= 0.6 is 0 Å². The second-order valence-electron chi connectivity index (χ2n) is 19.5. The SMILES string of the molecule is CCCC(C)C1O[C@]2(C=C[C@@H]1C)C[C@@H]1C[C@@H](C/C=C(/C)[C@@H](O[C@H]3C[C@H](OC)[C@@H](O[C@H]4C[C@H](OC)[C@@H](O)[C@H](C)O4)[C@H](C)O3)[C@@H](C)/C=C\C=C3CO[C@@H]4[C@H](OC)C(C)=C[C@@H](C(=O)O1)[C@]34O)O2. The fraction of sp³-hybridized carbons (Fsp3) is 0.780. The van der Waals surface area contributed by atoms with Gasteiger partial charge in [0, 0.05) is 58.8 Å². The Labute approximate surface area is 380 Å². The van der Waals surface area contributed by atoms with Crippen molar-refractivity contribution in [3.63, 3.8) is 0 Å². The van der Waals surface area contributed by atoms with Crippen LogP contribution in [0.5, 0.6) is 0 Å². The highest BCUT2D eigenvalue weighted by molar-refractivity contribution is 5.78. The Morgan fingerprint density at radius 3 is 2.30 bits per heavy atom. The van der Waals surface area contributed by atoms with Crippen molar-refractivity contribution in [1.82, 2.24) is 0 Å². The number of fused-ring (bicyclic) bond motifs is 2. The second-order valence-corrected chi connectivity index (χ2v) is 19.5. The lowest BCUT2D eigenvalue weighted by atomic mass is 9.70. The summed E-state index contributed by atoms with van der Waals surface area (Å²) in [5.41, 5.74) is 0.629. The van der Waals surface area contributed by atoms with E-state index in [4.69, 9.17) is 52.1 Å². The molecule has 64 heavy (non-hydrogen) atoms. The fourth-order valence-corrected chi connectivity index (χ4v) is 11.2. The van der Waals surface area contributed by atoms with Crippen LogP contribution in [0.1, 0.15) is 100 Å². The van der Waals surface area contributed by atoms with Gasteiger partial charge in [0.05, 0.1) is 49.3 Å². The largest absolute Gasteiger partial charge is 0.462 e. The van der Waals surface area contributed by atoms with Gasteiger partial charge < -0.3 is 62.3 Å². The van der Waals surface area contributed by atoms with Gasteiger partial charge in [0.25, 0.3) is 0 Å². The number of rotatable bonds is 10. The summed E-state index contributed by atoms with van der Waals surface area (Å²) in [6.07, 6.45) is 11.1. The molecule has 6 aliphatic heterocycles. The van der Waals surface area contributed by atoms with Crippen molar-refractivity contribution in [3.05, 3.63) is 59.3 Å². The highest BCUT2D eigenvalue weighted by atomic mass is 16.7. The van der Waals surface area contributed by atoms with E-state index in [0.29, 0.717) is 43.6 Å². The van der Waals surface area contributed by atoms with Gasteiger partial charge >= 0.3 is 5.97 Å². The Kier molecular flexibility index (Phi) is 16.2. The standard InChI is InChI=1S/C50H76O14/c1-12-14-27(2)44-30(5)19-20-49(64-44)25-36-22-35(63-49)18-17-29(4)43(61-41-24-39(55-10)46(33(8)59-41)62-40-23-38(54-9)42(51)32(7)58-40)28(3)15-13-16-34-26-57-47-45(56-11)31(6)21-37(48(52)60-36)50(34,47)53/h13,15-17,19-21,27-28,30,32-33,35-47,51,53H,12,14,18,22-26H2,1-11H3/b15-13-,29-17-,34-16?/t27?,28-,30-,32-,33-,35+,36-,37-,38-,39-,40-,41-,42-,43-,44?,45+,46-,47+,49+,50+/m0/s1. The molecule has 0 aromatic rings. The van der Waals surface area contributed by atoms with Gasteiger partial charge in [-0.3, -0.25) is 4.79 Å². The summed E-state index contributed by atoms with van der Waals surface area (Å²) in [7, 11) is 4.82. The van der Waals surface area contributed by atoms with Crippen LogP contribution in [0.2, 0.25) is 0 Å². The van der Waals surface area contributed by atoms with Crippen LogP contribution in [0.15, 0.2) is 59.3 Å². The molecule has 4 fully saturated rings. The molecule has 2 bridgehead atoms. The Hall–Kier alpha value is -2.31. The van der Waals surface area contributed by atoms with Crippen LogP contribution in [0.4, 0.5) is 0 Å². The van der Waals surface area contributed by atoms with E-state index in [1.54, 1.807) is 34.3 Å². The number of methoxy groups -OCH3 is 3. The first-order valence-electron chi connectivity index (χ1n) is 23.7. The monoisotopic (exact) mass is 901 g/mol. The van der Waals surface area contributed by atoms with Gasteiger partial charge in [-0.1, -0.05) is 70.6 Å². The number of hydrogen-bond acceptors (Lipinski definition) is 14. The minimum absolute atomic E-state index is 0.0759. The van der Waals surface area contributed by atoms with Crippen molar-refractivity contribution in [2.75, 3.05) is 27.9 Å². The van der Waals surface area contributed by atoms with Crippen molar-refractivity contribution >= 4 is 5.97 Å². The average Bonchev–Trinajstić information content (AvgIpc) is 3.59. The van der Waals surface area contributed by atoms with Gasteiger partial charge in [-0.15, -0.1) is 0 Å². The van der Waals surface area contributed by atoms with Crippen molar-refractivity contribution in [2.45, 2.75) is 198 Å². The summed E-state index contributed by atoms with van der Waals surface area (Å²) >= 11 is 0. The highest BCUT2D eigenvalue weighted by Gasteiger charge is 2.60. The topological polar surface area (TPSA) is 159 Å². The van der Waals surface area contributed by atoms with Gasteiger partial charge in [0.1, 0.15) is 42.0 Å². The lowest BCUT2D eigenvalue weighted by molar-refractivity contribution is -0.318. The Morgan fingerprint density at radius 2 is 1.58 bits per heavy atom. The highest BCUT2D eigenvalue weighted by Crippen LogP contribution is 2.48. The number of aliphatic hydroxyl groups excluding tert-OH is 1. The molecule has 0 aromatic heterocycles. The van der Waals surface area contributed by atoms with E-state index >= 15 is 0 Å². The van der Waals surface area contributed by atoms with Crippen LogP contribution < -0.4 is 0 Å². The molecule has 1 spiro atoms. The molecule has 0 aromatic carbocycles. The van der Waals surface area contributed by atoms with Crippen LogP contribution in [0.25, 0.3) is 0 Å². The van der Waals surface area contributed by atoms with Gasteiger partial charge in [-0.05, 0) is 69.2 Å². The fourth-order valence-electron chi connectivity index (χ4n) is 11.2. The molecule has 2 N–H and O–H groups in total. The molecule has 20 atom stereocenters. The first-order valence-corrected chi connectivity index (χ1v) is 23.7. The summed E-state index contributed by atoms with van der Waals surface area (Å²) in [5, 5.41) is 23.3. The number of carbonyl (C=O) groups is 1. The number of carbonyl (C=O) groups excluding carboxylic acids is 1. The molecule has 4 saturated heterocycles. The van der Waals surface area contributed by atoms with E-state index in [2.05, 4.69) is 46.8 Å². The molecule has 7 aliphatic rings. The third-order valence-electron chi connectivity index (χ3n) is 14.8. The number of allylic oxidation sites excluding steroid dienone is 2. The first-order chi connectivity index (χ1) is 30.5. The van der Waals surface area contributed by atoms with Crippen LogP contribution in [0, 0.1) is 23.7 Å². The summed E-state index contributed by atoms with van der Waals surface area (Å²) < 4.78 is 70.1. The summed E-state index contributed by atoms with van der Waals surface area (Å²) in [6.45, 7) is 16.5. The van der Waals surface area contributed by atoms with Crippen LogP contribution in [0.3, 0.4) is 0 Å². The number of esters is 1. The molecule has 0 radical (unpaired) electrons. The molecule has 0 saturated carbocycles. The number of ether oxygens (including phenoxy) is 11. The Bertz CT molecular complexity index is 1760. The van der Waals surface area contributed by atoms with E-state index in [0.717, 1.165) is 24.0 Å².